The molecule has 1 saturated heterocycles. The smallest absolute Gasteiger partial charge is 0.246 e. The first-order chi connectivity index (χ1) is 15.0. The summed E-state index contributed by atoms with van der Waals surface area (Å²) >= 11 is 0. The Bertz CT molecular complexity index is 1170. The van der Waals surface area contributed by atoms with Crippen molar-refractivity contribution in [3.8, 4) is 11.5 Å². The van der Waals surface area contributed by atoms with Crippen molar-refractivity contribution >= 4 is 21.2 Å². The summed E-state index contributed by atoms with van der Waals surface area (Å²) in [6.45, 7) is 2.98. The molecule has 0 spiro atoms. The van der Waals surface area contributed by atoms with Crippen LogP contribution in [0.15, 0.2) is 41.4 Å². The minimum absolute atomic E-state index is 0.134. The molecule has 0 N–H and O–H groups in total. The summed E-state index contributed by atoms with van der Waals surface area (Å²) < 4.78 is 41.0. The zero-order chi connectivity index (χ0) is 22.0. The molecule has 3 aromatic rings. The maximum atomic E-state index is 13.4. The number of fused-ring (bicyclic) bond motifs is 1. The Morgan fingerprint density at radius 1 is 1.13 bits per heavy atom. The van der Waals surface area contributed by atoms with E-state index in [-0.39, 0.29) is 10.9 Å². The highest BCUT2D eigenvalue weighted by Crippen LogP contribution is 2.34. The van der Waals surface area contributed by atoms with E-state index in [0.29, 0.717) is 37.4 Å². The van der Waals surface area contributed by atoms with Crippen molar-refractivity contribution in [3.63, 3.8) is 0 Å². The molecule has 1 fully saturated rings. The van der Waals surface area contributed by atoms with Crippen LogP contribution in [0.25, 0.3) is 11.2 Å². The van der Waals surface area contributed by atoms with Gasteiger partial charge in [0.05, 0.1) is 14.2 Å². The molecule has 1 aliphatic heterocycles. The molecule has 166 valence electrons. The van der Waals surface area contributed by atoms with Crippen molar-refractivity contribution in [3.05, 3.63) is 42.4 Å². The molecule has 8 nitrogen and oxygen atoms in total. The molecule has 0 radical (unpaired) electrons. The molecule has 0 aliphatic carbocycles. The quantitative estimate of drug-likeness (QED) is 0.555. The van der Waals surface area contributed by atoms with Gasteiger partial charge in [-0.1, -0.05) is 6.92 Å². The molecule has 4 rings (SSSR count). The predicted octanol–water partition coefficient (Wildman–Crippen LogP) is 3.43. The van der Waals surface area contributed by atoms with Gasteiger partial charge in [0, 0.05) is 37.8 Å². The minimum atomic E-state index is -3.70. The number of ether oxygens (including phenoxy) is 2. The summed E-state index contributed by atoms with van der Waals surface area (Å²) in [7, 11) is -0.718. The van der Waals surface area contributed by atoms with E-state index in [0.717, 1.165) is 29.8 Å². The van der Waals surface area contributed by atoms with Crippen molar-refractivity contribution < 1.29 is 17.9 Å². The summed E-state index contributed by atoms with van der Waals surface area (Å²) in [5.74, 6) is 1.82. The minimum Gasteiger partial charge on any atom is -0.497 e. The Morgan fingerprint density at radius 3 is 2.58 bits per heavy atom. The van der Waals surface area contributed by atoms with Crippen molar-refractivity contribution in [2.45, 2.75) is 43.5 Å². The fourth-order valence-corrected chi connectivity index (χ4v) is 5.87. The maximum absolute atomic E-state index is 13.4. The second-order valence-electron chi connectivity index (χ2n) is 7.65. The molecule has 0 saturated carbocycles. The number of hydrogen-bond donors (Lipinski definition) is 0. The van der Waals surface area contributed by atoms with Crippen molar-refractivity contribution in [2.75, 3.05) is 27.3 Å². The Labute approximate surface area is 182 Å². The molecular weight excluding hydrogens is 416 g/mol. The van der Waals surface area contributed by atoms with E-state index in [9.17, 15) is 8.42 Å². The lowest BCUT2D eigenvalue weighted by Gasteiger charge is -2.33. The lowest BCUT2D eigenvalue weighted by atomic mass is 10.1. The maximum Gasteiger partial charge on any atom is 0.246 e. The predicted molar refractivity (Wildman–Crippen MR) is 118 cm³/mol. The van der Waals surface area contributed by atoms with Gasteiger partial charge in [-0.15, -0.1) is 0 Å². The third-order valence-corrected chi connectivity index (χ3v) is 7.69. The summed E-state index contributed by atoms with van der Waals surface area (Å²) in [6.07, 6.45) is 5.04. The summed E-state index contributed by atoms with van der Waals surface area (Å²) in [4.78, 5) is 9.46. The van der Waals surface area contributed by atoms with E-state index in [2.05, 4.69) is 16.5 Å². The molecule has 9 heteroatoms. The van der Waals surface area contributed by atoms with Crippen LogP contribution in [0.3, 0.4) is 0 Å². The van der Waals surface area contributed by atoms with Crippen LogP contribution in [0.1, 0.15) is 38.1 Å². The standard InChI is InChI=1S/C22H28N4O4S/c1-4-6-21-24-18-7-5-12-23-22(18)26(21)16-10-13-25(14-11-16)31(27,28)20-15-17(29-2)8-9-19(20)30-3/h5,7-9,12,15-16H,4,6,10-11,13-14H2,1-3H3. The third-order valence-electron chi connectivity index (χ3n) is 5.77. The molecule has 0 amide bonds. The molecular formula is C22H28N4O4S. The van der Waals surface area contributed by atoms with Gasteiger partial charge in [-0.05, 0) is 43.5 Å². The normalized spacial score (nSPS) is 16.0. The van der Waals surface area contributed by atoms with Crippen LogP contribution in [-0.2, 0) is 16.4 Å². The first kappa shape index (κ1) is 21.6. The number of aryl methyl sites for hydroxylation is 1. The van der Waals surface area contributed by atoms with Crippen LogP contribution in [0.5, 0.6) is 11.5 Å². The van der Waals surface area contributed by atoms with Crippen LogP contribution in [0.2, 0.25) is 0 Å². The van der Waals surface area contributed by atoms with Gasteiger partial charge in [0.15, 0.2) is 5.65 Å². The Balaban J connectivity index is 1.60. The van der Waals surface area contributed by atoms with Crippen LogP contribution >= 0.6 is 0 Å². The average molecular weight is 445 g/mol. The SMILES string of the molecule is CCCc1nc2cccnc2n1C1CCN(S(=O)(=O)c2cc(OC)ccc2OC)CC1. The van der Waals surface area contributed by atoms with Gasteiger partial charge in [0.25, 0.3) is 0 Å². The zero-order valence-electron chi connectivity index (χ0n) is 18.1. The van der Waals surface area contributed by atoms with Gasteiger partial charge < -0.3 is 14.0 Å². The van der Waals surface area contributed by atoms with Crippen molar-refractivity contribution in [1.82, 2.24) is 18.8 Å². The van der Waals surface area contributed by atoms with Crippen LogP contribution in [-0.4, -0.2) is 54.6 Å². The highest BCUT2D eigenvalue weighted by molar-refractivity contribution is 7.89. The molecule has 31 heavy (non-hydrogen) atoms. The highest BCUT2D eigenvalue weighted by Gasteiger charge is 2.33. The number of hydrogen-bond acceptors (Lipinski definition) is 6. The van der Waals surface area contributed by atoms with E-state index in [1.54, 1.807) is 18.3 Å². The molecule has 1 aromatic carbocycles. The summed E-state index contributed by atoms with van der Waals surface area (Å²) in [6, 6.07) is 8.88. The first-order valence-corrected chi connectivity index (χ1v) is 12.0. The van der Waals surface area contributed by atoms with Crippen LogP contribution in [0.4, 0.5) is 0 Å². The van der Waals surface area contributed by atoms with E-state index >= 15 is 0 Å². The topological polar surface area (TPSA) is 86.6 Å². The van der Waals surface area contributed by atoms with E-state index in [4.69, 9.17) is 14.5 Å². The second kappa shape index (κ2) is 8.84. The van der Waals surface area contributed by atoms with E-state index in [1.165, 1.54) is 24.6 Å². The Kier molecular flexibility index (Phi) is 6.15. The monoisotopic (exact) mass is 444 g/mol. The molecule has 0 bridgehead atoms. The van der Waals surface area contributed by atoms with Gasteiger partial charge in [-0.3, -0.25) is 0 Å². The molecule has 0 atom stereocenters. The number of pyridine rings is 1. The fourth-order valence-electron chi connectivity index (χ4n) is 4.23. The highest BCUT2D eigenvalue weighted by atomic mass is 32.2. The number of methoxy groups -OCH3 is 2. The van der Waals surface area contributed by atoms with Crippen molar-refractivity contribution in [2.24, 2.45) is 0 Å². The molecule has 3 heterocycles. The Hall–Kier alpha value is -2.65. The molecule has 1 aliphatic rings. The van der Waals surface area contributed by atoms with Gasteiger partial charge in [-0.2, -0.15) is 4.31 Å². The average Bonchev–Trinajstić information content (AvgIpc) is 3.17. The second-order valence-corrected chi connectivity index (χ2v) is 9.55. The zero-order valence-corrected chi connectivity index (χ0v) is 18.9. The number of aromatic nitrogens is 3. The van der Waals surface area contributed by atoms with Gasteiger partial charge in [0.2, 0.25) is 10.0 Å². The van der Waals surface area contributed by atoms with Crippen LogP contribution in [0, 0.1) is 0 Å². The third kappa shape index (κ3) is 3.99. The van der Waals surface area contributed by atoms with Gasteiger partial charge in [-0.25, -0.2) is 18.4 Å². The number of imidazole rings is 1. The summed E-state index contributed by atoms with van der Waals surface area (Å²) in [5.41, 5.74) is 1.77. The van der Waals surface area contributed by atoms with Gasteiger partial charge in [0.1, 0.15) is 27.7 Å². The van der Waals surface area contributed by atoms with E-state index < -0.39 is 10.0 Å². The Morgan fingerprint density at radius 2 is 1.90 bits per heavy atom. The van der Waals surface area contributed by atoms with Gasteiger partial charge >= 0.3 is 0 Å². The van der Waals surface area contributed by atoms with E-state index in [1.807, 2.05) is 12.1 Å². The lowest BCUT2D eigenvalue weighted by molar-refractivity contribution is 0.272. The van der Waals surface area contributed by atoms with Crippen LogP contribution < -0.4 is 9.47 Å². The van der Waals surface area contributed by atoms with Crippen molar-refractivity contribution in [1.29, 1.82) is 0 Å². The number of nitrogens with zero attached hydrogens (tertiary/aromatic N) is 4. The number of piperidine rings is 1. The number of rotatable bonds is 7. The number of benzene rings is 1. The largest absolute Gasteiger partial charge is 0.497 e. The summed E-state index contributed by atoms with van der Waals surface area (Å²) in [5, 5.41) is 0. The molecule has 2 aromatic heterocycles. The first-order valence-electron chi connectivity index (χ1n) is 10.5. The fraction of sp³-hybridized carbons (Fsp3) is 0.455. The number of sulfonamides is 1. The lowest BCUT2D eigenvalue weighted by Crippen LogP contribution is -2.39. The molecule has 0 unspecified atom stereocenters.